The molecule has 0 saturated heterocycles. The van der Waals surface area contributed by atoms with Crippen molar-refractivity contribution in [1.29, 1.82) is 0 Å². The molecule has 0 aliphatic carbocycles. The van der Waals surface area contributed by atoms with Gasteiger partial charge in [0.1, 0.15) is 5.75 Å². The van der Waals surface area contributed by atoms with Gasteiger partial charge in [0.05, 0.1) is 6.54 Å². The fourth-order valence-corrected chi connectivity index (χ4v) is 2.37. The highest BCUT2D eigenvalue weighted by molar-refractivity contribution is 9.10. The first kappa shape index (κ1) is 17.2. The van der Waals surface area contributed by atoms with Crippen LogP contribution in [0.4, 0.5) is 0 Å². The zero-order valence-corrected chi connectivity index (χ0v) is 15.1. The monoisotopic (exact) mass is 401 g/mol. The van der Waals surface area contributed by atoms with Gasteiger partial charge in [0, 0.05) is 10.0 Å². The van der Waals surface area contributed by atoms with Gasteiger partial charge in [-0.2, -0.15) is 4.98 Å². The number of amides is 1. The quantitative estimate of drug-likeness (QED) is 0.682. The van der Waals surface area contributed by atoms with Gasteiger partial charge in [-0.05, 0) is 31.2 Å². The molecule has 0 fully saturated rings. The molecular formula is C18H16BrN3O3. The fourth-order valence-electron chi connectivity index (χ4n) is 2.11. The summed E-state index contributed by atoms with van der Waals surface area (Å²) < 4.78 is 11.7. The van der Waals surface area contributed by atoms with Gasteiger partial charge in [0.25, 0.3) is 5.91 Å². The smallest absolute Gasteiger partial charge is 0.261 e. The van der Waals surface area contributed by atoms with Gasteiger partial charge in [-0.25, -0.2) is 0 Å². The van der Waals surface area contributed by atoms with Crippen molar-refractivity contribution in [1.82, 2.24) is 15.5 Å². The molecule has 1 N–H and O–H groups in total. The Hall–Kier alpha value is -2.67. The molecule has 6 nitrogen and oxygen atoms in total. The van der Waals surface area contributed by atoms with Crippen LogP contribution in [0.1, 0.15) is 12.8 Å². The van der Waals surface area contributed by atoms with E-state index in [-0.39, 0.29) is 12.5 Å². The molecular weight excluding hydrogens is 386 g/mol. The molecule has 0 aliphatic rings. The van der Waals surface area contributed by atoms with Crippen molar-refractivity contribution in [3.8, 4) is 17.1 Å². The Bertz CT molecular complexity index is 834. The predicted octanol–water partition coefficient (Wildman–Crippen LogP) is 3.58. The molecule has 7 heteroatoms. The molecule has 0 spiro atoms. The van der Waals surface area contributed by atoms with Crippen LogP contribution in [0.3, 0.4) is 0 Å². The van der Waals surface area contributed by atoms with E-state index in [0.717, 1.165) is 10.0 Å². The zero-order valence-electron chi connectivity index (χ0n) is 13.5. The second-order valence-electron chi connectivity index (χ2n) is 5.31. The standard InChI is InChI=1S/C18H16BrN3O3/c1-12(24-15-9-7-14(19)8-10-15)18(23)20-11-16-21-17(22-25-16)13-5-3-2-4-6-13/h2-10,12H,11H2,1H3,(H,20,23). The predicted molar refractivity (Wildman–Crippen MR) is 95.8 cm³/mol. The van der Waals surface area contributed by atoms with Crippen LogP contribution in [0.25, 0.3) is 11.4 Å². The number of carbonyl (C=O) groups is 1. The number of hydrogen-bond donors (Lipinski definition) is 1. The molecule has 0 bridgehead atoms. The third-order valence-electron chi connectivity index (χ3n) is 3.41. The van der Waals surface area contributed by atoms with E-state index in [1.165, 1.54) is 0 Å². The molecule has 3 rings (SSSR count). The number of nitrogens with zero attached hydrogens (tertiary/aromatic N) is 2. The Morgan fingerprint density at radius 3 is 2.64 bits per heavy atom. The van der Waals surface area contributed by atoms with E-state index >= 15 is 0 Å². The highest BCUT2D eigenvalue weighted by atomic mass is 79.9. The molecule has 1 amide bonds. The van der Waals surface area contributed by atoms with Gasteiger partial charge in [0.2, 0.25) is 11.7 Å². The Balaban J connectivity index is 1.53. The largest absolute Gasteiger partial charge is 0.481 e. The summed E-state index contributed by atoms with van der Waals surface area (Å²) in [5.41, 5.74) is 0.857. The Kier molecular flexibility index (Phi) is 5.45. The molecule has 1 heterocycles. The van der Waals surface area contributed by atoms with Crippen molar-refractivity contribution in [3.05, 3.63) is 65.0 Å². The summed E-state index contributed by atoms with van der Waals surface area (Å²) >= 11 is 3.35. The minimum atomic E-state index is -0.641. The third kappa shape index (κ3) is 4.67. The van der Waals surface area contributed by atoms with Gasteiger partial charge >= 0.3 is 0 Å². The molecule has 0 radical (unpaired) electrons. The van der Waals surface area contributed by atoms with Gasteiger partial charge in [-0.1, -0.05) is 51.4 Å². The molecule has 1 aromatic heterocycles. The zero-order chi connectivity index (χ0) is 17.6. The lowest BCUT2D eigenvalue weighted by Gasteiger charge is -2.13. The molecule has 1 atom stereocenters. The third-order valence-corrected chi connectivity index (χ3v) is 3.94. The average Bonchev–Trinajstić information content (AvgIpc) is 3.11. The maximum Gasteiger partial charge on any atom is 0.261 e. The van der Waals surface area contributed by atoms with E-state index in [9.17, 15) is 4.79 Å². The van der Waals surface area contributed by atoms with Crippen molar-refractivity contribution in [3.63, 3.8) is 0 Å². The van der Waals surface area contributed by atoms with Crippen LogP contribution in [0, 0.1) is 0 Å². The first-order valence-corrected chi connectivity index (χ1v) is 8.49. The lowest BCUT2D eigenvalue weighted by Crippen LogP contribution is -2.35. The van der Waals surface area contributed by atoms with E-state index in [0.29, 0.717) is 17.5 Å². The van der Waals surface area contributed by atoms with Crippen molar-refractivity contribution < 1.29 is 14.1 Å². The van der Waals surface area contributed by atoms with Crippen LogP contribution >= 0.6 is 15.9 Å². The number of hydrogen-bond acceptors (Lipinski definition) is 5. The number of rotatable bonds is 6. The van der Waals surface area contributed by atoms with Gasteiger partial charge < -0.3 is 14.6 Å². The van der Waals surface area contributed by atoms with Gasteiger partial charge in [-0.3, -0.25) is 4.79 Å². The Labute approximate surface area is 153 Å². The summed E-state index contributed by atoms with van der Waals surface area (Å²) in [6.45, 7) is 1.83. The summed E-state index contributed by atoms with van der Waals surface area (Å²) in [7, 11) is 0. The van der Waals surface area contributed by atoms with Crippen LogP contribution in [-0.2, 0) is 11.3 Å². The molecule has 0 aliphatic heterocycles. The van der Waals surface area contributed by atoms with Crippen molar-refractivity contribution in [2.75, 3.05) is 0 Å². The number of halogens is 1. The van der Waals surface area contributed by atoms with E-state index < -0.39 is 6.10 Å². The average molecular weight is 402 g/mol. The topological polar surface area (TPSA) is 77.2 Å². The Morgan fingerprint density at radius 2 is 1.92 bits per heavy atom. The van der Waals surface area contributed by atoms with Gasteiger partial charge in [-0.15, -0.1) is 0 Å². The van der Waals surface area contributed by atoms with Crippen LogP contribution < -0.4 is 10.1 Å². The summed E-state index contributed by atoms with van der Waals surface area (Å²) in [5, 5.41) is 6.64. The van der Waals surface area contributed by atoms with Gasteiger partial charge in [0.15, 0.2) is 6.10 Å². The van der Waals surface area contributed by atoms with E-state index in [1.54, 1.807) is 19.1 Å². The first-order valence-electron chi connectivity index (χ1n) is 7.70. The molecule has 2 aromatic carbocycles. The van der Waals surface area contributed by atoms with Crippen LogP contribution in [-0.4, -0.2) is 22.2 Å². The SMILES string of the molecule is CC(Oc1ccc(Br)cc1)C(=O)NCc1nc(-c2ccccc2)no1. The number of benzene rings is 2. The van der Waals surface area contributed by atoms with Crippen molar-refractivity contribution in [2.45, 2.75) is 19.6 Å². The van der Waals surface area contributed by atoms with Crippen LogP contribution in [0.15, 0.2) is 63.6 Å². The maximum atomic E-state index is 12.1. The van der Waals surface area contributed by atoms with Crippen LogP contribution in [0.5, 0.6) is 5.75 Å². The van der Waals surface area contributed by atoms with E-state index in [1.807, 2.05) is 42.5 Å². The maximum absolute atomic E-state index is 12.1. The summed E-state index contributed by atoms with van der Waals surface area (Å²) in [6.07, 6.45) is -0.641. The first-order chi connectivity index (χ1) is 12.1. The summed E-state index contributed by atoms with van der Waals surface area (Å²) in [5.74, 6) is 1.18. The molecule has 1 unspecified atom stereocenters. The highest BCUT2D eigenvalue weighted by Gasteiger charge is 2.16. The van der Waals surface area contributed by atoms with Crippen molar-refractivity contribution in [2.24, 2.45) is 0 Å². The highest BCUT2D eigenvalue weighted by Crippen LogP contribution is 2.17. The summed E-state index contributed by atoms with van der Waals surface area (Å²) in [4.78, 5) is 16.4. The number of aromatic nitrogens is 2. The number of carbonyl (C=O) groups excluding carboxylic acids is 1. The number of ether oxygens (including phenoxy) is 1. The summed E-state index contributed by atoms with van der Waals surface area (Å²) in [6, 6.07) is 16.8. The molecule has 3 aromatic rings. The van der Waals surface area contributed by atoms with Crippen LogP contribution in [0.2, 0.25) is 0 Å². The van der Waals surface area contributed by atoms with E-state index in [2.05, 4.69) is 31.4 Å². The molecule has 128 valence electrons. The minimum absolute atomic E-state index is 0.146. The second-order valence-corrected chi connectivity index (χ2v) is 6.23. The molecule has 0 saturated carbocycles. The Morgan fingerprint density at radius 1 is 1.20 bits per heavy atom. The minimum Gasteiger partial charge on any atom is -0.481 e. The second kappa shape index (κ2) is 7.94. The normalized spacial score (nSPS) is 11.8. The lowest BCUT2D eigenvalue weighted by atomic mass is 10.2. The number of nitrogens with one attached hydrogen (secondary N) is 1. The fraction of sp³-hybridized carbons (Fsp3) is 0.167. The lowest BCUT2D eigenvalue weighted by molar-refractivity contribution is -0.127. The van der Waals surface area contributed by atoms with Crippen molar-refractivity contribution >= 4 is 21.8 Å². The molecule has 25 heavy (non-hydrogen) atoms. The van der Waals surface area contributed by atoms with E-state index in [4.69, 9.17) is 9.26 Å².